The summed E-state index contributed by atoms with van der Waals surface area (Å²) < 4.78 is 5.16. The van der Waals surface area contributed by atoms with E-state index in [0.29, 0.717) is 5.56 Å². The second-order valence-electron chi connectivity index (χ2n) is 8.55. The Morgan fingerprint density at radius 3 is 2.24 bits per heavy atom. The highest BCUT2D eigenvalue weighted by molar-refractivity contribution is 5.90. The van der Waals surface area contributed by atoms with E-state index in [0.717, 1.165) is 16.0 Å². The molecule has 0 spiro atoms. The zero-order valence-electron chi connectivity index (χ0n) is 19.4. The number of carbonyl (C=O) groups excluding carboxylic acids is 3. The zero-order valence-corrected chi connectivity index (χ0v) is 19.4. The van der Waals surface area contributed by atoms with E-state index in [1.807, 2.05) is 55.5 Å². The van der Waals surface area contributed by atoms with Gasteiger partial charge in [-0.1, -0.05) is 60.2 Å². The van der Waals surface area contributed by atoms with Gasteiger partial charge in [-0.05, 0) is 38.8 Å². The smallest absolute Gasteiger partial charge is 0.408 e. The molecule has 3 amide bonds. The van der Waals surface area contributed by atoms with Crippen molar-refractivity contribution in [3.05, 3.63) is 71.3 Å². The standard InChI is InChI=1S/C25H30N4O4/c1-18-10-12-20(13-11-18)22(23(31)27-16-19-8-6-5-7-9-19)29(15-14-26)21(30)17-28-24(32)33-25(2,3)4/h5-13,22H,15-17H2,1-4H3,(H,27,31)(H,28,32). The molecule has 1 unspecified atom stereocenters. The molecule has 0 bridgehead atoms. The molecule has 2 rings (SSSR count). The Hall–Kier alpha value is -3.86. The maximum Gasteiger partial charge on any atom is 0.408 e. The average molecular weight is 451 g/mol. The number of nitrogens with zero attached hydrogens (tertiary/aromatic N) is 2. The minimum Gasteiger partial charge on any atom is -0.444 e. The number of nitriles is 1. The topological polar surface area (TPSA) is 112 Å². The number of rotatable bonds is 8. The molecule has 8 heteroatoms. The van der Waals surface area contributed by atoms with Gasteiger partial charge in [-0.2, -0.15) is 5.26 Å². The number of aryl methyl sites for hydroxylation is 1. The fourth-order valence-electron chi connectivity index (χ4n) is 3.07. The zero-order chi connectivity index (χ0) is 24.4. The molecule has 1 atom stereocenters. The van der Waals surface area contributed by atoms with Crippen LogP contribution in [0.1, 0.15) is 43.5 Å². The van der Waals surface area contributed by atoms with Crippen LogP contribution < -0.4 is 10.6 Å². The van der Waals surface area contributed by atoms with Crippen LogP contribution >= 0.6 is 0 Å². The fraction of sp³-hybridized carbons (Fsp3) is 0.360. The normalized spacial score (nSPS) is 11.6. The molecule has 0 saturated heterocycles. The van der Waals surface area contributed by atoms with Crippen molar-refractivity contribution < 1.29 is 19.1 Å². The summed E-state index contributed by atoms with van der Waals surface area (Å²) in [6.45, 7) is 6.57. The summed E-state index contributed by atoms with van der Waals surface area (Å²) in [5.74, 6) is -1.01. The quantitative estimate of drug-likeness (QED) is 0.600. The molecule has 0 aromatic heterocycles. The van der Waals surface area contributed by atoms with Gasteiger partial charge in [0.2, 0.25) is 11.8 Å². The molecule has 0 heterocycles. The van der Waals surface area contributed by atoms with E-state index in [4.69, 9.17) is 4.74 Å². The molecule has 0 aliphatic rings. The first-order valence-electron chi connectivity index (χ1n) is 10.6. The minimum absolute atomic E-state index is 0.271. The minimum atomic E-state index is -1.04. The van der Waals surface area contributed by atoms with Gasteiger partial charge in [-0.25, -0.2) is 4.79 Å². The van der Waals surface area contributed by atoms with Crippen LogP contribution in [-0.2, 0) is 20.9 Å². The fourth-order valence-corrected chi connectivity index (χ4v) is 3.07. The first-order chi connectivity index (χ1) is 15.6. The maximum atomic E-state index is 13.2. The first kappa shape index (κ1) is 25.4. The molecular weight excluding hydrogens is 420 g/mol. The molecule has 2 aromatic rings. The molecule has 0 radical (unpaired) electrons. The predicted molar refractivity (Wildman–Crippen MR) is 124 cm³/mol. The van der Waals surface area contributed by atoms with Crippen LogP contribution in [0.3, 0.4) is 0 Å². The van der Waals surface area contributed by atoms with Gasteiger partial charge in [0.1, 0.15) is 24.7 Å². The van der Waals surface area contributed by atoms with Gasteiger partial charge in [0, 0.05) is 6.54 Å². The van der Waals surface area contributed by atoms with Crippen molar-refractivity contribution in [3.8, 4) is 6.07 Å². The molecule has 0 saturated carbocycles. The number of hydrogen-bond donors (Lipinski definition) is 2. The van der Waals surface area contributed by atoms with Gasteiger partial charge in [0.25, 0.3) is 0 Å². The van der Waals surface area contributed by atoms with E-state index < -0.39 is 36.1 Å². The lowest BCUT2D eigenvalue weighted by molar-refractivity contribution is -0.139. The Kier molecular flexibility index (Phi) is 8.98. The summed E-state index contributed by atoms with van der Waals surface area (Å²) in [5.41, 5.74) is 1.73. The van der Waals surface area contributed by atoms with Crippen molar-refractivity contribution in [1.82, 2.24) is 15.5 Å². The number of alkyl carbamates (subject to hydrolysis) is 1. The lowest BCUT2D eigenvalue weighted by atomic mass is 10.0. The maximum absolute atomic E-state index is 13.2. The van der Waals surface area contributed by atoms with Crippen molar-refractivity contribution in [2.75, 3.05) is 13.1 Å². The van der Waals surface area contributed by atoms with Crippen LogP contribution in [-0.4, -0.2) is 41.5 Å². The molecule has 2 N–H and O–H groups in total. The van der Waals surface area contributed by atoms with Gasteiger partial charge in [0.05, 0.1) is 6.07 Å². The summed E-state index contributed by atoms with van der Waals surface area (Å²) in [5, 5.41) is 14.6. The Balaban J connectivity index is 2.23. The van der Waals surface area contributed by atoms with Crippen molar-refractivity contribution >= 4 is 17.9 Å². The number of hydrogen-bond acceptors (Lipinski definition) is 5. The van der Waals surface area contributed by atoms with Crippen LogP contribution in [0.15, 0.2) is 54.6 Å². The monoisotopic (exact) mass is 450 g/mol. The molecule has 33 heavy (non-hydrogen) atoms. The highest BCUT2D eigenvalue weighted by atomic mass is 16.6. The van der Waals surface area contributed by atoms with Gasteiger partial charge in [0.15, 0.2) is 0 Å². The van der Waals surface area contributed by atoms with E-state index in [-0.39, 0.29) is 13.1 Å². The summed E-state index contributed by atoms with van der Waals surface area (Å²) in [7, 11) is 0. The molecule has 0 aliphatic heterocycles. The molecule has 174 valence electrons. The van der Waals surface area contributed by atoms with Crippen molar-refractivity contribution in [3.63, 3.8) is 0 Å². The van der Waals surface area contributed by atoms with E-state index in [9.17, 15) is 19.6 Å². The predicted octanol–water partition coefficient (Wildman–Crippen LogP) is 3.23. The number of amides is 3. The van der Waals surface area contributed by atoms with E-state index >= 15 is 0 Å². The average Bonchev–Trinajstić information content (AvgIpc) is 2.76. The molecule has 0 aliphatic carbocycles. The van der Waals surface area contributed by atoms with E-state index in [1.54, 1.807) is 32.9 Å². The van der Waals surface area contributed by atoms with Gasteiger partial charge in [-0.3, -0.25) is 9.59 Å². The van der Waals surface area contributed by atoms with E-state index in [1.165, 1.54) is 0 Å². The second kappa shape index (κ2) is 11.7. The number of carbonyl (C=O) groups is 3. The van der Waals surface area contributed by atoms with Crippen LogP contribution in [0.4, 0.5) is 4.79 Å². The van der Waals surface area contributed by atoms with Gasteiger partial charge < -0.3 is 20.3 Å². The van der Waals surface area contributed by atoms with Gasteiger partial charge >= 0.3 is 6.09 Å². The molecule has 2 aromatic carbocycles. The second-order valence-corrected chi connectivity index (χ2v) is 8.55. The third-order valence-corrected chi connectivity index (χ3v) is 4.61. The Morgan fingerprint density at radius 2 is 1.67 bits per heavy atom. The molecular formula is C25H30N4O4. The van der Waals surface area contributed by atoms with Crippen LogP contribution in [0.25, 0.3) is 0 Å². The van der Waals surface area contributed by atoms with Crippen LogP contribution in [0.5, 0.6) is 0 Å². The third-order valence-electron chi connectivity index (χ3n) is 4.61. The summed E-state index contributed by atoms with van der Waals surface area (Å²) in [6, 6.07) is 17.5. The highest BCUT2D eigenvalue weighted by Gasteiger charge is 2.31. The number of benzene rings is 2. The largest absolute Gasteiger partial charge is 0.444 e. The lowest BCUT2D eigenvalue weighted by Crippen LogP contribution is -2.47. The third kappa shape index (κ3) is 8.30. The number of nitrogens with one attached hydrogen (secondary N) is 2. The lowest BCUT2D eigenvalue weighted by Gasteiger charge is -2.30. The summed E-state index contributed by atoms with van der Waals surface area (Å²) >= 11 is 0. The molecule has 8 nitrogen and oxygen atoms in total. The Morgan fingerprint density at radius 1 is 1.03 bits per heavy atom. The summed E-state index contributed by atoms with van der Waals surface area (Å²) in [4.78, 5) is 39.3. The SMILES string of the molecule is Cc1ccc(C(C(=O)NCc2ccccc2)N(CC#N)C(=O)CNC(=O)OC(C)(C)C)cc1. The van der Waals surface area contributed by atoms with E-state index in [2.05, 4.69) is 10.6 Å². The van der Waals surface area contributed by atoms with Crippen LogP contribution in [0, 0.1) is 18.3 Å². The number of ether oxygens (including phenoxy) is 1. The molecule has 0 fully saturated rings. The van der Waals surface area contributed by atoms with Crippen molar-refractivity contribution in [2.45, 2.75) is 45.9 Å². The first-order valence-corrected chi connectivity index (χ1v) is 10.6. The Bertz CT molecular complexity index is 992. The van der Waals surface area contributed by atoms with Crippen molar-refractivity contribution in [1.29, 1.82) is 5.26 Å². The van der Waals surface area contributed by atoms with Gasteiger partial charge in [-0.15, -0.1) is 0 Å². The summed E-state index contributed by atoms with van der Waals surface area (Å²) in [6.07, 6.45) is -0.756. The van der Waals surface area contributed by atoms with Crippen molar-refractivity contribution in [2.24, 2.45) is 0 Å². The van der Waals surface area contributed by atoms with Crippen LogP contribution in [0.2, 0.25) is 0 Å². The Labute approximate surface area is 194 Å². The highest BCUT2D eigenvalue weighted by Crippen LogP contribution is 2.22.